The molecule has 2 heterocycles. The molecule has 0 saturated carbocycles. The largest absolute Gasteiger partial charge is 0.335 e. The third-order valence-corrected chi connectivity index (χ3v) is 3.43. The Bertz CT molecular complexity index is 461. The van der Waals surface area contributed by atoms with Crippen molar-refractivity contribution >= 4 is 5.91 Å². The van der Waals surface area contributed by atoms with Crippen LogP contribution in [0.15, 0.2) is 18.3 Å². The van der Waals surface area contributed by atoms with Crippen LogP contribution in [0.3, 0.4) is 0 Å². The molecule has 1 aromatic rings. The molecule has 0 aliphatic carbocycles. The number of carbonyl (C=O) groups excluding carboxylic acids is 1. The first-order valence-corrected chi connectivity index (χ1v) is 6.39. The Hall–Kier alpha value is -1.89. The van der Waals surface area contributed by atoms with Gasteiger partial charge in [-0.3, -0.25) is 4.79 Å². The zero-order valence-electron chi connectivity index (χ0n) is 10.6. The molecule has 94 valence electrons. The highest BCUT2D eigenvalue weighted by Gasteiger charge is 2.23. The van der Waals surface area contributed by atoms with Crippen LogP contribution >= 0.6 is 0 Å². The van der Waals surface area contributed by atoms with Crippen LogP contribution in [0.5, 0.6) is 0 Å². The van der Waals surface area contributed by atoms with E-state index in [1.54, 1.807) is 12.1 Å². The van der Waals surface area contributed by atoms with Crippen molar-refractivity contribution in [2.75, 3.05) is 6.54 Å². The highest BCUT2D eigenvalue weighted by Crippen LogP contribution is 2.18. The van der Waals surface area contributed by atoms with E-state index in [4.69, 9.17) is 5.26 Å². The lowest BCUT2D eigenvalue weighted by Crippen LogP contribution is -2.38. The van der Waals surface area contributed by atoms with Gasteiger partial charge in [-0.05, 0) is 31.9 Å². The molecule has 0 bridgehead atoms. The number of nitrogens with zero attached hydrogens (tertiary/aromatic N) is 3. The van der Waals surface area contributed by atoms with Crippen molar-refractivity contribution < 1.29 is 4.79 Å². The smallest absolute Gasteiger partial charge is 0.272 e. The van der Waals surface area contributed by atoms with E-state index in [1.165, 1.54) is 19.0 Å². The molecule has 1 aliphatic rings. The first kappa shape index (κ1) is 12.6. The minimum atomic E-state index is -0.0195. The lowest BCUT2D eigenvalue weighted by Gasteiger charge is -2.26. The zero-order valence-corrected chi connectivity index (χ0v) is 10.6. The summed E-state index contributed by atoms with van der Waals surface area (Å²) in [7, 11) is 0. The molecule has 4 heteroatoms. The summed E-state index contributed by atoms with van der Waals surface area (Å²) < 4.78 is 0. The fourth-order valence-corrected chi connectivity index (χ4v) is 2.31. The fourth-order valence-electron chi connectivity index (χ4n) is 2.31. The maximum atomic E-state index is 12.3. The van der Waals surface area contributed by atoms with E-state index in [0.29, 0.717) is 11.3 Å². The van der Waals surface area contributed by atoms with Crippen molar-refractivity contribution in [2.45, 2.75) is 38.6 Å². The Morgan fingerprint density at radius 2 is 2.28 bits per heavy atom. The van der Waals surface area contributed by atoms with Gasteiger partial charge in [0.15, 0.2) is 0 Å². The van der Waals surface area contributed by atoms with Gasteiger partial charge in [0.25, 0.3) is 5.91 Å². The van der Waals surface area contributed by atoms with E-state index in [1.807, 2.05) is 11.0 Å². The average molecular weight is 243 g/mol. The van der Waals surface area contributed by atoms with Gasteiger partial charge < -0.3 is 4.90 Å². The average Bonchev–Trinajstić information content (AvgIpc) is 2.63. The van der Waals surface area contributed by atoms with Crippen LogP contribution in [0.2, 0.25) is 0 Å². The van der Waals surface area contributed by atoms with Crippen LogP contribution < -0.4 is 0 Å². The fraction of sp³-hybridized carbons (Fsp3) is 0.500. The van der Waals surface area contributed by atoms with Gasteiger partial charge in [0.05, 0.1) is 5.56 Å². The van der Waals surface area contributed by atoms with Crippen LogP contribution in [-0.4, -0.2) is 28.4 Å². The van der Waals surface area contributed by atoms with E-state index in [9.17, 15) is 4.79 Å². The van der Waals surface area contributed by atoms with Gasteiger partial charge in [-0.25, -0.2) is 4.98 Å². The molecule has 1 saturated heterocycles. The lowest BCUT2D eigenvalue weighted by molar-refractivity contribution is 0.0692. The van der Waals surface area contributed by atoms with Gasteiger partial charge in [0.2, 0.25) is 0 Å². The summed E-state index contributed by atoms with van der Waals surface area (Å²) in [6, 6.07) is 5.56. The summed E-state index contributed by atoms with van der Waals surface area (Å²) in [5.74, 6) is -0.0195. The second-order valence-electron chi connectivity index (χ2n) is 4.74. The third-order valence-electron chi connectivity index (χ3n) is 3.43. The monoisotopic (exact) mass is 243 g/mol. The lowest BCUT2D eigenvalue weighted by atomic mass is 10.1. The van der Waals surface area contributed by atoms with Crippen LogP contribution in [0, 0.1) is 11.3 Å². The Balaban J connectivity index is 2.16. The third kappa shape index (κ3) is 2.67. The number of likely N-dealkylation sites (tertiary alicyclic amines) is 1. The molecule has 4 nitrogen and oxygen atoms in total. The molecule has 0 radical (unpaired) electrons. The molecule has 0 aromatic carbocycles. The zero-order chi connectivity index (χ0) is 13.0. The molecule has 0 N–H and O–H groups in total. The topological polar surface area (TPSA) is 57.0 Å². The second-order valence-corrected chi connectivity index (χ2v) is 4.74. The highest BCUT2D eigenvalue weighted by atomic mass is 16.2. The van der Waals surface area contributed by atoms with Gasteiger partial charge in [-0.1, -0.05) is 12.8 Å². The molecule has 1 fully saturated rings. The molecule has 1 aromatic heterocycles. The summed E-state index contributed by atoms with van der Waals surface area (Å²) in [6.07, 6.45) is 5.95. The van der Waals surface area contributed by atoms with Crippen molar-refractivity contribution in [1.29, 1.82) is 5.26 Å². The minimum Gasteiger partial charge on any atom is -0.335 e. The van der Waals surface area contributed by atoms with Crippen molar-refractivity contribution in [1.82, 2.24) is 9.88 Å². The molecule has 1 amide bonds. The van der Waals surface area contributed by atoms with Gasteiger partial charge >= 0.3 is 0 Å². The highest BCUT2D eigenvalue weighted by molar-refractivity contribution is 5.92. The van der Waals surface area contributed by atoms with E-state index < -0.39 is 0 Å². The number of aromatic nitrogens is 1. The number of hydrogen-bond donors (Lipinski definition) is 0. The first-order valence-electron chi connectivity index (χ1n) is 6.39. The minimum absolute atomic E-state index is 0.0195. The van der Waals surface area contributed by atoms with Gasteiger partial charge in [-0.15, -0.1) is 0 Å². The van der Waals surface area contributed by atoms with E-state index >= 15 is 0 Å². The quantitative estimate of drug-likeness (QED) is 0.760. The Labute approximate surface area is 107 Å². The molecule has 18 heavy (non-hydrogen) atoms. The summed E-state index contributed by atoms with van der Waals surface area (Å²) in [6.45, 7) is 2.90. The molecular formula is C14H17N3O. The molecule has 1 atom stereocenters. The predicted molar refractivity (Wildman–Crippen MR) is 67.9 cm³/mol. The number of carbonyl (C=O) groups is 1. The van der Waals surface area contributed by atoms with E-state index in [2.05, 4.69) is 11.9 Å². The van der Waals surface area contributed by atoms with Crippen molar-refractivity contribution in [3.8, 4) is 6.07 Å². The van der Waals surface area contributed by atoms with Gasteiger partial charge in [0, 0.05) is 18.8 Å². The second kappa shape index (κ2) is 5.63. The first-order chi connectivity index (χ1) is 8.72. The normalized spacial score (nSPS) is 20.0. The maximum Gasteiger partial charge on any atom is 0.272 e. The number of nitriles is 1. The summed E-state index contributed by atoms with van der Waals surface area (Å²) in [4.78, 5) is 18.3. The SMILES string of the molecule is CC1CCCCCN1C(=O)c1ccc(C#N)cn1. The van der Waals surface area contributed by atoms with E-state index in [-0.39, 0.29) is 11.9 Å². The van der Waals surface area contributed by atoms with Crippen molar-refractivity contribution in [2.24, 2.45) is 0 Å². The molecule has 0 spiro atoms. The van der Waals surface area contributed by atoms with E-state index in [0.717, 1.165) is 19.4 Å². The number of pyridine rings is 1. The summed E-state index contributed by atoms with van der Waals surface area (Å²) >= 11 is 0. The predicted octanol–water partition coefficient (Wildman–Crippen LogP) is 2.36. The Morgan fingerprint density at radius 1 is 1.44 bits per heavy atom. The van der Waals surface area contributed by atoms with Crippen LogP contribution in [0.25, 0.3) is 0 Å². The molecule has 1 aliphatic heterocycles. The maximum absolute atomic E-state index is 12.3. The summed E-state index contributed by atoms with van der Waals surface area (Å²) in [5.41, 5.74) is 0.915. The molecular weight excluding hydrogens is 226 g/mol. The Morgan fingerprint density at radius 3 is 2.94 bits per heavy atom. The van der Waals surface area contributed by atoms with Crippen molar-refractivity contribution in [3.05, 3.63) is 29.6 Å². The van der Waals surface area contributed by atoms with Crippen molar-refractivity contribution in [3.63, 3.8) is 0 Å². The number of amides is 1. The standard InChI is InChI=1S/C14H17N3O/c1-11-5-3-2-4-8-17(11)14(18)13-7-6-12(9-15)10-16-13/h6-7,10-11H,2-5,8H2,1H3. The van der Waals surface area contributed by atoms with Gasteiger partial charge in [-0.2, -0.15) is 5.26 Å². The molecule has 1 unspecified atom stereocenters. The van der Waals surface area contributed by atoms with Crippen LogP contribution in [0.1, 0.15) is 48.7 Å². The van der Waals surface area contributed by atoms with Crippen LogP contribution in [0.4, 0.5) is 0 Å². The number of hydrogen-bond acceptors (Lipinski definition) is 3. The summed E-state index contributed by atoms with van der Waals surface area (Å²) in [5, 5.41) is 8.71. The van der Waals surface area contributed by atoms with Gasteiger partial charge in [0.1, 0.15) is 11.8 Å². The number of rotatable bonds is 1. The van der Waals surface area contributed by atoms with Crippen LogP contribution in [-0.2, 0) is 0 Å². The molecule has 2 rings (SSSR count). The Kier molecular flexibility index (Phi) is 3.93.